The predicted octanol–water partition coefficient (Wildman–Crippen LogP) is 2.70. The van der Waals surface area contributed by atoms with E-state index in [1.165, 1.54) is 6.07 Å². The smallest absolute Gasteiger partial charge is 0.387 e. The van der Waals surface area contributed by atoms with Crippen molar-refractivity contribution in [2.45, 2.75) is 25.5 Å². The summed E-state index contributed by atoms with van der Waals surface area (Å²) in [4.78, 5) is 0. The molecular weight excluding hydrogens is 200 g/mol. The molecule has 1 aliphatic carbocycles. The number of rotatable bonds is 4. The Morgan fingerprint density at radius 1 is 1.33 bits per heavy atom. The van der Waals surface area contributed by atoms with Crippen molar-refractivity contribution >= 4 is 0 Å². The number of ether oxygens (including phenoxy) is 1. The number of hydrogen-bond donors (Lipinski definition) is 1. The van der Waals surface area contributed by atoms with E-state index in [4.69, 9.17) is 5.73 Å². The fraction of sp³-hybridized carbons (Fsp3) is 0.455. The summed E-state index contributed by atoms with van der Waals surface area (Å²) < 4.78 is 28.3. The third kappa shape index (κ3) is 2.65. The van der Waals surface area contributed by atoms with Crippen molar-refractivity contribution in [3.05, 3.63) is 29.8 Å². The highest BCUT2D eigenvalue weighted by molar-refractivity contribution is 5.31. The third-order valence-electron chi connectivity index (χ3n) is 2.60. The third-order valence-corrected chi connectivity index (χ3v) is 2.60. The molecule has 0 amide bonds. The fourth-order valence-electron chi connectivity index (χ4n) is 1.63. The number of hydrogen-bond acceptors (Lipinski definition) is 2. The monoisotopic (exact) mass is 213 g/mol. The Labute approximate surface area is 87.0 Å². The molecule has 0 radical (unpaired) electrons. The molecule has 2 nitrogen and oxygen atoms in total. The molecule has 1 aromatic rings. The van der Waals surface area contributed by atoms with Crippen molar-refractivity contribution in [3.63, 3.8) is 0 Å². The Morgan fingerprint density at radius 2 is 2.07 bits per heavy atom. The van der Waals surface area contributed by atoms with Crippen LogP contribution in [0.3, 0.4) is 0 Å². The molecule has 0 aromatic heterocycles. The van der Waals surface area contributed by atoms with Crippen molar-refractivity contribution in [2.24, 2.45) is 11.7 Å². The molecule has 0 spiro atoms. The lowest BCUT2D eigenvalue weighted by atomic mass is 10.0. The van der Waals surface area contributed by atoms with Crippen LogP contribution in [0, 0.1) is 5.92 Å². The van der Waals surface area contributed by atoms with Gasteiger partial charge in [-0.05, 0) is 36.5 Å². The van der Waals surface area contributed by atoms with Gasteiger partial charge in [0.15, 0.2) is 0 Å². The summed E-state index contributed by atoms with van der Waals surface area (Å²) in [5.41, 5.74) is 6.83. The van der Waals surface area contributed by atoms with Gasteiger partial charge in [0.25, 0.3) is 0 Å². The second-order valence-corrected chi connectivity index (χ2v) is 3.81. The lowest BCUT2D eigenvalue weighted by Gasteiger charge is -2.12. The normalized spacial score (nSPS) is 17.9. The average molecular weight is 213 g/mol. The molecule has 1 fully saturated rings. The highest BCUT2D eigenvalue weighted by atomic mass is 19.3. The van der Waals surface area contributed by atoms with Gasteiger partial charge in [-0.1, -0.05) is 12.1 Å². The Morgan fingerprint density at radius 3 is 2.67 bits per heavy atom. The molecule has 1 saturated carbocycles. The molecule has 2 N–H and O–H groups in total. The molecule has 82 valence electrons. The maximum absolute atomic E-state index is 12.0. The second kappa shape index (κ2) is 4.14. The van der Waals surface area contributed by atoms with E-state index in [2.05, 4.69) is 4.74 Å². The molecule has 0 heterocycles. The van der Waals surface area contributed by atoms with Crippen LogP contribution in [0.2, 0.25) is 0 Å². The van der Waals surface area contributed by atoms with Crippen LogP contribution in [0.5, 0.6) is 5.75 Å². The van der Waals surface area contributed by atoms with Crippen molar-refractivity contribution in [1.82, 2.24) is 0 Å². The van der Waals surface area contributed by atoms with E-state index >= 15 is 0 Å². The van der Waals surface area contributed by atoms with Crippen LogP contribution in [-0.2, 0) is 0 Å². The van der Waals surface area contributed by atoms with Crippen LogP contribution in [0.15, 0.2) is 24.3 Å². The summed E-state index contributed by atoms with van der Waals surface area (Å²) in [5, 5.41) is 0. The maximum atomic E-state index is 12.0. The Hall–Kier alpha value is -1.16. The first kappa shape index (κ1) is 10.4. The zero-order chi connectivity index (χ0) is 10.8. The fourth-order valence-corrected chi connectivity index (χ4v) is 1.63. The predicted molar refractivity (Wildman–Crippen MR) is 52.7 cm³/mol. The minimum atomic E-state index is -2.78. The molecule has 0 saturated heterocycles. The van der Waals surface area contributed by atoms with Crippen LogP contribution in [-0.4, -0.2) is 6.61 Å². The first-order valence-corrected chi connectivity index (χ1v) is 4.97. The van der Waals surface area contributed by atoms with Gasteiger partial charge in [-0.2, -0.15) is 8.78 Å². The van der Waals surface area contributed by atoms with Gasteiger partial charge in [0, 0.05) is 6.04 Å². The molecule has 0 bridgehead atoms. The van der Waals surface area contributed by atoms with Gasteiger partial charge in [-0.3, -0.25) is 0 Å². The van der Waals surface area contributed by atoms with E-state index < -0.39 is 6.61 Å². The summed E-state index contributed by atoms with van der Waals surface area (Å²) in [6, 6.07) is 6.59. The molecule has 0 unspecified atom stereocenters. The first-order valence-electron chi connectivity index (χ1n) is 4.97. The highest BCUT2D eigenvalue weighted by Crippen LogP contribution is 2.39. The van der Waals surface area contributed by atoms with Crippen LogP contribution < -0.4 is 10.5 Å². The molecule has 1 atom stereocenters. The Balaban J connectivity index is 2.10. The highest BCUT2D eigenvalue weighted by Gasteiger charge is 2.29. The van der Waals surface area contributed by atoms with Gasteiger partial charge >= 0.3 is 6.61 Å². The Bertz CT molecular complexity index is 339. The van der Waals surface area contributed by atoms with E-state index in [-0.39, 0.29) is 11.8 Å². The molecule has 0 aliphatic heterocycles. The lowest BCUT2D eigenvalue weighted by molar-refractivity contribution is -0.0499. The zero-order valence-electron chi connectivity index (χ0n) is 8.20. The lowest BCUT2D eigenvalue weighted by Crippen LogP contribution is -2.12. The number of alkyl halides is 2. The number of halogens is 2. The van der Waals surface area contributed by atoms with Crippen molar-refractivity contribution < 1.29 is 13.5 Å². The molecule has 15 heavy (non-hydrogen) atoms. The molecule has 4 heteroatoms. The molecular formula is C11H13F2NO. The topological polar surface area (TPSA) is 35.2 Å². The summed E-state index contributed by atoms with van der Waals surface area (Å²) >= 11 is 0. The van der Waals surface area contributed by atoms with Crippen molar-refractivity contribution in [2.75, 3.05) is 0 Å². The molecule has 2 rings (SSSR count). The van der Waals surface area contributed by atoms with Crippen LogP contribution >= 0.6 is 0 Å². The summed E-state index contributed by atoms with van der Waals surface area (Å²) in [6.45, 7) is -2.78. The molecule has 1 aliphatic rings. The van der Waals surface area contributed by atoms with Gasteiger partial charge in [-0.25, -0.2) is 0 Å². The van der Waals surface area contributed by atoms with Gasteiger partial charge in [0.1, 0.15) is 5.75 Å². The van der Waals surface area contributed by atoms with Crippen molar-refractivity contribution in [1.29, 1.82) is 0 Å². The summed E-state index contributed by atoms with van der Waals surface area (Å²) in [7, 11) is 0. The SMILES string of the molecule is N[C@@H](c1cccc(OC(F)F)c1)C1CC1. The zero-order valence-corrected chi connectivity index (χ0v) is 8.20. The largest absolute Gasteiger partial charge is 0.435 e. The van der Waals surface area contributed by atoms with Gasteiger partial charge in [-0.15, -0.1) is 0 Å². The van der Waals surface area contributed by atoms with Gasteiger partial charge in [0.2, 0.25) is 0 Å². The van der Waals surface area contributed by atoms with E-state index in [1.54, 1.807) is 12.1 Å². The van der Waals surface area contributed by atoms with E-state index in [0.29, 0.717) is 5.92 Å². The van der Waals surface area contributed by atoms with E-state index in [9.17, 15) is 8.78 Å². The minimum Gasteiger partial charge on any atom is -0.435 e. The minimum absolute atomic E-state index is 0.0498. The van der Waals surface area contributed by atoms with Crippen LogP contribution in [0.1, 0.15) is 24.4 Å². The van der Waals surface area contributed by atoms with E-state index in [0.717, 1.165) is 18.4 Å². The average Bonchev–Trinajstić information content (AvgIpc) is 2.99. The second-order valence-electron chi connectivity index (χ2n) is 3.81. The summed E-state index contributed by atoms with van der Waals surface area (Å²) in [5.74, 6) is 0.686. The quantitative estimate of drug-likeness (QED) is 0.834. The summed E-state index contributed by atoms with van der Waals surface area (Å²) in [6.07, 6.45) is 2.25. The molecule has 1 aromatic carbocycles. The van der Waals surface area contributed by atoms with Gasteiger partial charge < -0.3 is 10.5 Å². The number of benzene rings is 1. The Kier molecular flexibility index (Phi) is 2.86. The maximum Gasteiger partial charge on any atom is 0.387 e. The number of nitrogens with two attached hydrogens (primary N) is 1. The van der Waals surface area contributed by atoms with Gasteiger partial charge in [0.05, 0.1) is 0 Å². The standard InChI is InChI=1S/C11H13F2NO/c12-11(13)15-9-3-1-2-8(6-9)10(14)7-4-5-7/h1-3,6-7,10-11H,4-5,14H2/t10-/m1/s1. The van der Waals surface area contributed by atoms with E-state index in [1.807, 2.05) is 6.07 Å². The van der Waals surface area contributed by atoms with Crippen molar-refractivity contribution in [3.8, 4) is 5.75 Å². The first-order chi connectivity index (χ1) is 7.16. The van der Waals surface area contributed by atoms with Crippen LogP contribution in [0.4, 0.5) is 8.78 Å². The van der Waals surface area contributed by atoms with Crippen LogP contribution in [0.25, 0.3) is 0 Å².